The minimum Gasteiger partial charge on any atom is -0.368 e. The van der Waals surface area contributed by atoms with Crippen LogP contribution in [-0.4, -0.2) is 29.6 Å². The Morgan fingerprint density at radius 2 is 1.64 bits per heavy atom. The van der Waals surface area contributed by atoms with Gasteiger partial charge >= 0.3 is 0 Å². The second-order valence-electron chi connectivity index (χ2n) is 6.21. The lowest BCUT2D eigenvalue weighted by molar-refractivity contribution is 0.0945. The van der Waals surface area contributed by atoms with Gasteiger partial charge in [0.05, 0.1) is 5.70 Å². The van der Waals surface area contributed by atoms with Gasteiger partial charge in [-0.25, -0.2) is 0 Å². The Balaban J connectivity index is 2.12. The number of benzene rings is 1. The highest BCUT2D eigenvalue weighted by molar-refractivity contribution is 6.26. The molecule has 2 aliphatic rings. The molecule has 3 rings (SSSR count). The van der Waals surface area contributed by atoms with Crippen LogP contribution in [0.5, 0.6) is 0 Å². The van der Waals surface area contributed by atoms with Crippen LogP contribution in [0.3, 0.4) is 0 Å². The predicted octanol–water partition coefficient (Wildman–Crippen LogP) is 3.77. The molecule has 1 heterocycles. The van der Waals surface area contributed by atoms with Gasteiger partial charge in [0, 0.05) is 29.8 Å². The van der Waals surface area contributed by atoms with Crippen molar-refractivity contribution in [1.82, 2.24) is 4.90 Å². The zero-order valence-corrected chi connectivity index (χ0v) is 13.2. The van der Waals surface area contributed by atoms with Crippen molar-refractivity contribution in [3.63, 3.8) is 0 Å². The van der Waals surface area contributed by atoms with Gasteiger partial charge in [0.25, 0.3) is 0 Å². The van der Waals surface area contributed by atoms with E-state index >= 15 is 0 Å². The van der Waals surface area contributed by atoms with Gasteiger partial charge in [-0.15, -0.1) is 0 Å². The molecule has 0 atom stereocenters. The van der Waals surface area contributed by atoms with Crippen molar-refractivity contribution < 1.29 is 9.59 Å². The molecule has 0 spiro atoms. The van der Waals surface area contributed by atoms with Crippen molar-refractivity contribution in [1.29, 1.82) is 0 Å². The maximum Gasteiger partial charge on any atom is 0.210 e. The van der Waals surface area contributed by atoms with Crippen LogP contribution >= 0.6 is 0 Å². The van der Waals surface area contributed by atoms with Crippen molar-refractivity contribution >= 4 is 11.6 Å². The lowest BCUT2D eigenvalue weighted by atomic mass is 9.85. The van der Waals surface area contributed by atoms with Gasteiger partial charge in [-0.3, -0.25) is 9.59 Å². The van der Waals surface area contributed by atoms with Crippen LogP contribution in [0.4, 0.5) is 0 Å². The number of carbonyl (C=O) groups is 2. The third kappa shape index (κ3) is 2.52. The zero-order valence-electron chi connectivity index (χ0n) is 13.2. The first kappa shape index (κ1) is 14.8. The first-order chi connectivity index (χ1) is 10.6. The minimum atomic E-state index is 0.00857. The van der Waals surface area contributed by atoms with Gasteiger partial charge in [0.15, 0.2) is 5.78 Å². The van der Waals surface area contributed by atoms with Gasteiger partial charge in [0.2, 0.25) is 5.78 Å². The van der Waals surface area contributed by atoms with Crippen molar-refractivity contribution in [3.05, 3.63) is 58.3 Å². The average Bonchev–Trinajstić information content (AvgIpc) is 3.03. The Morgan fingerprint density at radius 3 is 2.23 bits per heavy atom. The van der Waals surface area contributed by atoms with Crippen LogP contribution in [0.1, 0.15) is 53.8 Å². The molecule has 0 radical (unpaired) electrons. The van der Waals surface area contributed by atoms with Gasteiger partial charge in [-0.1, -0.05) is 35.9 Å². The van der Waals surface area contributed by atoms with E-state index in [9.17, 15) is 9.59 Å². The molecule has 1 fully saturated rings. The molecule has 0 bridgehead atoms. The number of Topliss-reactive ketones (excluding diaryl/α,β-unsaturated/α-hetero) is 2. The summed E-state index contributed by atoms with van der Waals surface area (Å²) in [6.45, 7) is 5.77. The molecule has 0 amide bonds. The van der Waals surface area contributed by atoms with Crippen LogP contribution in [0.25, 0.3) is 0 Å². The molecule has 1 aliphatic heterocycles. The molecule has 22 heavy (non-hydrogen) atoms. The molecule has 1 aliphatic carbocycles. The quantitative estimate of drug-likeness (QED) is 0.797. The third-order valence-electron chi connectivity index (χ3n) is 4.33. The van der Waals surface area contributed by atoms with E-state index in [0.29, 0.717) is 28.8 Å². The van der Waals surface area contributed by atoms with E-state index in [1.54, 1.807) is 12.1 Å². The van der Waals surface area contributed by atoms with E-state index in [-0.39, 0.29) is 11.6 Å². The van der Waals surface area contributed by atoms with Crippen molar-refractivity contribution in [2.45, 2.75) is 33.1 Å². The summed E-state index contributed by atoms with van der Waals surface area (Å²) in [5, 5.41) is 0. The van der Waals surface area contributed by atoms with Crippen LogP contribution in [-0.2, 0) is 0 Å². The third-order valence-corrected chi connectivity index (χ3v) is 4.33. The highest BCUT2D eigenvalue weighted by Crippen LogP contribution is 2.32. The van der Waals surface area contributed by atoms with Gasteiger partial charge < -0.3 is 4.90 Å². The number of nitrogens with zero attached hydrogens (tertiary/aromatic N) is 1. The fourth-order valence-electron chi connectivity index (χ4n) is 3.18. The molecule has 0 aromatic heterocycles. The summed E-state index contributed by atoms with van der Waals surface area (Å²) >= 11 is 0. The maximum absolute atomic E-state index is 12.9. The molecule has 1 aromatic rings. The fraction of sp³-hybridized carbons (Fsp3) is 0.368. The summed E-state index contributed by atoms with van der Waals surface area (Å²) in [6.07, 6.45) is 4.74. The summed E-state index contributed by atoms with van der Waals surface area (Å²) in [7, 11) is 0. The molecule has 1 aromatic carbocycles. The highest BCUT2D eigenvalue weighted by atomic mass is 16.1. The highest BCUT2D eigenvalue weighted by Gasteiger charge is 2.34. The number of rotatable bonds is 3. The number of likely N-dealkylation sites (tertiary alicyclic amines) is 1. The minimum absolute atomic E-state index is 0.00857. The SMILES string of the molecule is CC(C)=CCC1=C(N2CCCC2)C(=O)c2ccccc2C1=O. The van der Waals surface area contributed by atoms with Crippen molar-refractivity contribution in [3.8, 4) is 0 Å². The number of hydrogen-bond donors (Lipinski definition) is 0. The van der Waals surface area contributed by atoms with Crippen molar-refractivity contribution in [2.24, 2.45) is 0 Å². The smallest absolute Gasteiger partial charge is 0.210 e. The second kappa shape index (κ2) is 5.91. The monoisotopic (exact) mass is 295 g/mol. The van der Waals surface area contributed by atoms with E-state index in [0.717, 1.165) is 31.5 Å². The lowest BCUT2D eigenvalue weighted by Crippen LogP contribution is -2.32. The topological polar surface area (TPSA) is 37.4 Å². The first-order valence-corrected chi connectivity index (χ1v) is 7.89. The number of fused-ring (bicyclic) bond motifs is 1. The van der Waals surface area contributed by atoms with E-state index in [2.05, 4.69) is 4.90 Å². The number of ketones is 2. The second-order valence-corrected chi connectivity index (χ2v) is 6.21. The Morgan fingerprint density at radius 1 is 1.05 bits per heavy atom. The molecule has 0 saturated carbocycles. The maximum atomic E-state index is 12.9. The van der Waals surface area contributed by atoms with E-state index in [4.69, 9.17) is 0 Å². The van der Waals surface area contributed by atoms with E-state index in [1.165, 1.54) is 0 Å². The normalized spacial score (nSPS) is 17.8. The van der Waals surface area contributed by atoms with E-state index in [1.807, 2.05) is 32.1 Å². The Labute approximate surface area is 131 Å². The lowest BCUT2D eigenvalue weighted by Gasteiger charge is -2.27. The molecule has 0 N–H and O–H groups in total. The van der Waals surface area contributed by atoms with E-state index < -0.39 is 0 Å². The van der Waals surface area contributed by atoms with Crippen LogP contribution in [0, 0.1) is 0 Å². The number of carbonyl (C=O) groups excluding carboxylic acids is 2. The molecular formula is C19H21NO2. The van der Waals surface area contributed by atoms with Gasteiger partial charge in [-0.05, 0) is 33.1 Å². The summed E-state index contributed by atoms with van der Waals surface area (Å²) in [6, 6.07) is 7.18. The number of hydrogen-bond acceptors (Lipinski definition) is 3. The van der Waals surface area contributed by atoms with Gasteiger partial charge in [0.1, 0.15) is 0 Å². The van der Waals surface area contributed by atoms with Crippen LogP contribution < -0.4 is 0 Å². The number of allylic oxidation sites excluding steroid dienone is 4. The summed E-state index contributed by atoms with van der Waals surface area (Å²) in [4.78, 5) is 27.9. The van der Waals surface area contributed by atoms with Gasteiger partial charge in [-0.2, -0.15) is 0 Å². The zero-order chi connectivity index (χ0) is 15.7. The van der Waals surface area contributed by atoms with Crippen LogP contribution in [0.2, 0.25) is 0 Å². The largest absolute Gasteiger partial charge is 0.368 e. The summed E-state index contributed by atoms with van der Waals surface area (Å²) < 4.78 is 0. The van der Waals surface area contributed by atoms with Crippen LogP contribution in [0.15, 0.2) is 47.2 Å². The fourth-order valence-corrected chi connectivity index (χ4v) is 3.18. The van der Waals surface area contributed by atoms with Crippen molar-refractivity contribution in [2.75, 3.05) is 13.1 Å². The Kier molecular flexibility index (Phi) is 3.97. The molecule has 0 unspecified atom stereocenters. The predicted molar refractivity (Wildman–Crippen MR) is 87.0 cm³/mol. The molecule has 3 heteroatoms. The summed E-state index contributed by atoms with van der Waals surface area (Å²) in [5.74, 6) is 0.0175. The average molecular weight is 295 g/mol. The molecule has 114 valence electrons. The Hall–Kier alpha value is -2.16. The molecule has 1 saturated heterocycles. The Bertz CT molecular complexity index is 687. The first-order valence-electron chi connectivity index (χ1n) is 7.89. The molecular weight excluding hydrogens is 274 g/mol. The molecule has 3 nitrogen and oxygen atoms in total. The standard InChI is InChI=1S/C19H21NO2/c1-13(2)9-10-16-17(20-11-5-6-12-20)19(22)15-8-4-3-7-14(15)18(16)21/h3-4,7-9H,5-6,10-12H2,1-2H3. The summed E-state index contributed by atoms with van der Waals surface area (Å²) in [5.41, 5.74) is 3.56.